The van der Waals surface area contributed by atoms with Gasteiger partial charge in [-0.25, -0.2) is 9.59 Å². The third-order valence-electron chi connectivity index (χ3n) is 8.45. The summed E-state index contributed by atoms with van der Waals surface area (Å²) in [5.41, 5.74) is 8.90. The molecule has 1 atom stereocenters. The fraction of sp³-hybridized carbons (Fsp3) is 0.500. The van der Waals surface area contributed by atoms with Crippen LogP contribution in [0, 0.1) is 43.4 Å². The van der Waals surface area contributed by atoms with E-state index in [-0.39, 0.29) is 11.1 Å². The second-order valence-electron chi connectivity index (χ2n) is 10.8. The van der Waals surface area contributed by atoms with Crippen LogP contribution >= 0.6 is 0 Å². The number of allylic oxidation sites excluding steroid dienone is 2. The number of nitrogens with two attached hydrogens (primary N) is 1. The predicted octanol–water partition coefficient (Wildman–Crippen LogP) is 3.60. The summed E-state index contributed by atoms with van der Waals surface area (Å²) in [6.45, 7) is 0. The third kappa shape index (κ3) is 4.56. The Morgan fingerprint density at radius 1 is 1.00 bits per heavy atom. The van der Waals surface area contributed by atoms with Gasteiger partial charge < -0.3 is 16.4 Å². The summed E-state index contributed by atoms with van der Waals surface area (Å²) in [5, 5.41) is 28.2. The van der Waals surface area contributed by atoms with Crippen LogP contribution in [0.25, 0.3) is 0 Å². The number of hydrazine groups is 1. The Morgan fingerprint density at radius 2 is 1.65 bits per heavy atom. The molecule has 6 rings (SSSR count). The van der Waals surface area contributed by atoms with Crippen molar-refractivity contribution >= 4 is 29.1 Å². The second kappa shape index (κ2) is 9.05. The van der Waals surface area contributed by atoms with Crippen LogP contribution < -0.4 is 27.2 Å². The lowest BCUT2D eigenvalue weighted by molar-refractivity contribution is -0.393. The minimum atomic E-state index is -0.803. The number of rotatable bonds is 7. The summed E-state index contributed by atoms with van der Waals surface area (Å²) in [4.78, 5) is 45.8. The molecule has 196 valence electrons. The Labute approximate surface area is 212 Å². The lowest BCUT2D eigenvalue weighted by atomic mass is 9.44. The highest BCUT2D eigenvalue weighted by molar-refractivity contribution is 5.79. The number of nitro groups is 2. The maximum atomic E-state index is 13.2. The van der Waals surface area contributed by atoms with Crippen molar-refractivity contribution in [1.82, 2.24) is 16.1 Å². The van der Waals surface area contributed by atoms with Crippen molar-refractivity contribution < 1.29 is 19.4 Å². The van der Waals surface area contributed by atoms with Crippen molar-refractivity contribution in [2.75, 3.05) is 5.43 Å². The van der Waals surface area contributed by atoms with Crippen LogP contribution in [0.4, 0.5) is 26.7 Å². The summed E-state index contributed by atoms with van der Waals surface area (Å²) < 4.78 is 0. The van der Waals surface area contributed by atoms with Crippen LogP contribution in [0.3, 0.4) is 0 Å². The summed E-state index contributed by atoms with van der Waals surface area (Å²) in [5.74, 6) is 1.79. The SMILES string of the molecule is NC(=O)NC1=CC=CC(NC(=O)NNc2ccc([N+](=O)[O-])cc2[N+](=O)[O-])(C23CC4CC(CC(C4)C2)C3)C1. The Hall–Kier alpha value is -4.16. The number of primary amides is 1. The van der Waals surface area contributed by atoms with E-state index in [2.05, 4.69) is 21.5 Å². The molecule has 1 aromatic carbocycles. The van der Waals surface area contributed by atoms with Gasteiger partial charge in [0.1, 0.15) is 5.69 Å². The zero-order chi connectivity index (χ0) is 26.4. The maximum absolute atomic E-state index is 13.2. The number of hydrogen-bond acceptors (Lipinski definition) is 7. The molecule has 5 aliphatic rings. The Bertz CT molecular complexity index is 1190. The van der Waals surface area contributed by atoms with Crippen LogP contribution in [-0.4, -0.2) is 27.4 Å². The average molecular weight is 512 g/mol. The molecule has 13 heteroatoms. The van der Waals surface area contributed by atoms with E-state index in [1.54, 1.807) is 6.08 Å². The first kappa shape index (κ1) is 24.5. The first-order valence-corrected chi connectivity index (χ1v) is 12.3. The van der Waals surface area contributed by atoms with E-state index < -0.39 is 38.8 Å². The summed E-state index contributed by atoms with van der Waals surface area (Å²) >= 11 is 0. The van der Waals surface area contributed by atoms with E-state index >= 15 is 0 Å². The first-order valence-electron chi connectivity index (χ1n) is 12.3. The van der Waals surface area contributed by atoms with Gasteiger partial charge in [-0.15, -0.1) is 0 Å². The molecule has 0 aromatic heterocycles. The highest BCUT2D eigenvalue weighted by Crippen LogP contribution is 2.65. The molecule has 0 aliphatic heterocycles. The Morgan fingerprint density at radius 3 is 2.22 bits per heavy atom. The standard InChI is InChI=1S/C24H29N7O6/c25-21(32)26-17-2-1-5-24(13-17,23-10-14-6-15(11-23)8-16(7-14)12-23)27-22(33)29-28-19-4-3-18(30(34)35)9-20(19)31(36)37/h1-5,9,14-16,28H,6-8,10-13H2,(H3,25,26,32)(H2,27,29,33). The largest absolute Gasteiger partial charge is 0.351 e. The number of nitro benzene ring substituents is 2. The molecule has 4 saturated carbocycles. The highest BCUT2D eigenvalue weighted by atomic mass is 16.6. The van der Waals surface area contributed by atoms with Crippen LogP contribution in [0.1, 0.15) is 44.9 Å². The molecule has 1 unspecified atom stereocenters. The zero-order valence-corrected chi connectivity index (χ0v) is 20.1. The topological polar surface area (TPSA) is 195 Å². The molecular formula is C24H29N7O6. The molecule has 0 saturated heterocycles. The van der Waals surface area contributed by atoms with Crippen LogP contribution in [0.5, 0.6) is 0 Å². The number of hydrogen-bond donors (Lipinski definition) is 5. The van der Waals surface area contributed by atoms with Gasteiger partial charge in [-0.05, 0) is 73.8 Å². The predicted molar refractivity (Wildman–Crippen MR) is 133 cm³/mol. The number of anilines is 1. The molecule has 5 aliphatic carbocycles. The van der Waals surface area contributed by atoms with Gasteiger partial charge in [0, 0.05) is 18.2 Å². The fourth-order valence-electron chi connectivity index (χ4n) is 7.48. The molecule has 1 aromatic rings. The number of benzene rings is 1. The van der Waals surface area contributed by atoms with E-state index in [0.29, 0.717) is 29.9 Å². The van der Waals surface area contributed by atoms with Gasteiger partial charge in [-0.2, -0.15) is 0 Å². The number of nitrogens with one attached hydrogen (secondary N) is 4. The number of carbonyl (C=O) groups excluding carboxylic acids is 2. The minimum Gasteiger partial charge on any atom is -0.351 e. The van der Waals surface area contributed by atoms with Gasteiger partial charge in [-0.1, -0.05) is 12.2 Å². The average Bonchev–Trinajstić information content (AvgIpc) is 2.81. The van der Waals surface area contributed by atoms with E-state index in [1.807, 2.05) is 12.2 Å². The molecule has 4 bridgehead atoms. The molecule has 0 spiro atoms. The quantitative estimate of drug-likeness (QED) is 0.272. The minimum absolute atomic E-state index is 0.0928. The number of urea groups is 2. The van der Waals surface area contributed by atoms with Gasteiger partial charge in [0.05, 0.1) is 21.5 Å². The van der Waals surface area contributed by atoms with Crippen LogP contribution in [-0.2, 0) is 0 Å². The fourth-order valence-corrected chi connectivity index (χ4v) is 7.48. The number of nitrogens with zero attached hydrogens (tertiary/aromatic N) is 2. The highest BCUT2D eigenvalue weighted by Gasteiger charge is 2.60. The second-order valence-corrected chi connectivity index (χ2v) is 10.8. The maximum Gasteiger partial charge on any atom is 0.334 e. The lowest BCUT2D eigenvalue weighted by Crippen LogP contribution is -2.66. The first-order chi connectivity index (χ1) is 17.6. The molecular weight excluding hydrogens is 482 g/mol. The van der Waals surface area contributed by atoms with Crippen molar-refractivity contribution in [1.29, 1.82) is 0 Å². The lowest BCUT2D eigenvalue weighted by Gasteiger charge is -2.63. The molecule has 4 fully saturated rings. The van der Waals surface area contributed by atoms with Crippen molar-refractivity contribution in [2.24, 2.45) is 28.9 Å². The van der Waals surface area contributed by atoms with E-state index in [1.165, 1.54) is 25.3 Å². The number of amides is 4. The van der Waals surface area contributed by atoms with Crippen LogP contribution in [0.15, 0.2) is 42.1 Å². The summed E-state index contributed by atoms with van der Waals surface area (Å²) in [7, 11) is 0. The number of carbonyl (C=O) groups is 2. The molecule has 13 nitrogen and oxygen atoms in total. The molecule has 4 amide bonds. The summed E-state index contributed by atoms with van der Waals surface area (Å²) in [6.07, 6.45) is 12.4. The van der Waals surface area contributed by atoms with Gasteiger partial charge in [0.15, 0.2) is 0 Å². The van der Waals surface area contributed by atoms with Gasteiger partial charge in [0.2, 0.25) is 0 Å². The molecule has 0 heterocycles. The van der Waals surface area contributed by atoms with Crippen LogP contribution in [0.2, 0.25) is 0 Å². The molecule has 0 radical (unpaired) electrons. The summed E-state index contributed by atoms with van der Waals surface area (Å²) in [6, 6.07) is 1.81. The van der Waals surface area contributed by atoms with E-state index in [4.69, 9.17) is 5.73 Å². The third-order valence-corrected chi connectivity index (χ3v) is 8.45. The van der Waals surface area contributed by atoms with Crippen molar-refractivity contribution in [2.45, 2.75) is 50.5 Å². The van der Waals surface area contributed by atoms with Crippen molar-refractivity contribution in [3.05, 3.63) is 62.4 Å². The monoisotopic (exact) mass is 511 g/mol. The van der Waals surface area contributed by atoms with E-state index in [9.17, 15) is 29.8 Å². The number of non-ortho nitro benzene ring substituents is 1. The Balaban J connectivity index is 1.39. The van der Waals surface area contributed by atoms with Crippen molar-refractivity contribution in [3.63, 3.8) is 0 Å². The Kier molecular flexibility index (Phi) is 6.00. The van der Waals surface area contributed by atoms with Gasteiger partial charge in [0.25, 0.3) is 5.69 Å². The molecule has 6 N–H and O–H groups in total. The van der Waals surface area contributed by atoms with Gasteiger partial charge in [-0.3, -0.25) is 31.1 Å². The smallest absolute Gasteiger partial charge is 0.334 e. The molecule has 37 heavy (non-hydrogen) atoms. The normalized spacial score (nSPS) is 31.2. The van der Waals surface area contributed by atoms with E-state index in [0.717, 1.165) is 31.4 Å². The zero-order valence-electron chi connectivity index (χ0n) is 20.1. The van der Waals surface area contributed by atoms with Gasteiger partial charge >= 0.3 is 17.7 Å². The van der Waals surface area contributed by atoms with Crippen molar-refractivity contribution in [3.8, 4) is 0 Å².